The standard InChI is InChI=1S/C32H36F4N6/c1-31(2,21-37)29-10-8-24(19-39-29)38-13-5-6-26-18-27-23(7-9-28(33)30(27)42(26)22-32(34,35)36)20-40-16-11-25(12-17-40)41-14-3-4-15-41/h7-10,18-19,25,38H,3-4,11-17,20,22H2,1-2H3. The third-order valence-corrected chi connectivity index (χ3v) is 8.33. The Hall–Kier alpha value is -3.60. The summed E-state index contributed by atoms with van der Waals surface area (Å²) in [6.45, 7) is 7.08. The van der Waals surface area contributed by atoms with Crippen LogP contribution in [0.15, 0.2) is 36.5 Å². The van der Waals surface area contributed by atoms with E-state index in [1.165, 1.54) is 32.0 Å². The smallest absolute Gasteiger partial charge is 0.373 e. The fourth-order valence-corrected chi connectivity index (χ4v) is 5.98. The van der Waals surface area contributed by atoms with Crippen LogP contribution < -0.4 is 5.32 Å². The number of fused-ring (bicyclic) bond motifs is 1. The summed E-state index contributed by atoms with van der Waals surface area (Å²) in [5, 5.41) is 12.8. The number of aromatic nitrogens is 2. The Morgan fingerprint density at radius 3 is 2.43 bits per heavy atom. The van der Waals surface area contributed by atoms with Crippen molar-refractivity contribution in [1.29, 1.82) is 5.26 Å². The van der Waals surface area contributed by atoms with Gasteiger partial charge < -0.3 is 14.8 Å². The second-order valence-corrected chi connectivity index (χ2v) is 11.8. The van der Waals surface area contributed by atoms with Crippen LogP contribution in [0, 0.1) is 29.0 Å². The van der Waals surface area contributed by atoms with E-state index in [-0.39, 0.29) is 17.8 Å². The number of anilines is 1. The summed E-state index contributed by atoms with van der Waals surface area (Å²) in [5.41, 5.74) is 1.44. The molecule has 0 saturated carbocycles. The Balaban J connectivity index is 1.34. The zero-order valence-electron chi connectivity index (χ0n) is 24.1. The summed E-state index contributed by atoms with van der Waals surface area (Å²) in [4.78, 5) is 9.21. The predicted octanol–water partition coefficient (Wildman–Crippen LogP) is 6.06. The average molecular weight is 581 g/mol. The lowest BCUT2D eigenvalue weighted by molar-refractivity contribution is -0.140. The van der Waals surface area contributed by atoms with Gasteiger partial charge in [0.25, 0.3) is 0 Å². The minimum atomic E-state index is -4.54. The molecule has 2 fully saturated rings. The number of pyridine rings is 1. The van der Waals surface area contributed by atoms with Gasteiger partial charge in [-0.05, 0) is 101 Å². The van der Waals surface area contributed by atoms with Gasteiger partial charge in [0.2, 0.25) is 0 Å². The van der Waals surface area contributed by atoms with Gasteiger partial charge in [-0.15, -0.1) is 0 Å². The molecule has 3 aromatic rings. The molecule has 0 amide bonds. The van der Waals surface area contributed by atoms with Crippen molar-refractivity contribution in [2.75, 3.05) is 38.0 Å². The van der Waals surface area contributed by atoms with E-state index < -0.39 is 24.0 Å². The van der Waals surface area contributed by atoms with Crippen LogP contribution in [-0.2, 0) is 18.5 Å². The zero-order chi connectivity index (χ0) is 29.9. The van der Waals surface area contributed by atoms with E-state index in [9.17, 15) is 18.4 Å². The van der Waals surface area contributed by atoms with Crippen LogP contribution in [0.5, 0.6) is 0 Å². The maximum Gasteiger partial charge on any atom is 0.406 e. The average Bonchev–Trinajstić information content (AvgIpc) is 3.62. The first-order valence-corrected chi connectivity index (χ1v) is 14.5. The molecule has 0 atom stereocenters. The van der Waals surface area contributed by atoms with Gasteiger partial charge in [-0.2, -0.15) is 18.4 Å². The predicted molar refractivity (Wildman–Crippen MR) is 155 cm³/mol. The quantitative estimate of drug-likeness (QED) is 0.272. The monoisotopic (exact) mass is 580 g/mol. The first-order chi connectivity index (χ1) is 20.0. The van der Waals surface area contributed by atoms with Gasteiger partial charge in [-0.25, -0.2) is 4.39 Å². The second-order valence-electron chi connectivity index (χ2n) is 11.8. The summed E-state index contributed by atoms with van der Waals surface area (Å²) < 4.78 is 56.8. The molecule has 5 rings (SSSR count). The number of hydrogen-bond donors (Lipinski definition) is 1. The summed E-state index contributed by atoms with van der Waals surface area (Å²) in [6, 6.07) is 10.9. The molecule has 0 aliphatic carbocycles. The van der Waals surface area contributed by atoms with Crippen LogP contribution >= 0.6 is 0 Å². The fraction of sp³-hybridized carbons (Fsp3) is 0.500. The molecule has 2 saturated heterocycles. The number of nitriles is 1. The molecular formula is C32H36F4N6. The Bertz CT molecular complexity index is 1490. The highest BCUT2D eigenvalue weighted by molar-refractivity contribution is 5.86. The normalized spacial score (nSPS) is 17.3. The van der Waals surface area contributed by atoms with Crippen molar-refractivity contribution in [3.63, 3.8) is 0 Å². The highest BCUT2D eigenvalue weighted by atomic mass is 19.4. The van der Waals surface area contributed by atoms with Crippen LogP contribution in [0.1, 0.15) is 56.5 Å². The number of hydrogen-bond acceptors (Lipinski definition) is 5. The third kappa shape index (κ3) is 6.88. The number of benzene rings is 1. The second kappa shape index (κ2) is 12.3. The van der Waals surface area contributed by atoms with Gasteiger partial charge in [0.05, 0.1) is 46.8 Å². The molecule has 42 heavy (non-hydrogen) atoms. The van der Waals surface area contributed by atoms with Crippen molar-refractivity contribution >= 4 is 16.6 Å². The molecule has 2 aliphatic heterocycles. The molecule has 2 aliphatic rings. The summed E-state index contributed by atoms with van der Waals surface area (Å²) in [5.74, 6) is 5.02. The van der Waals surface area contributed by atoms with Gasteiger partial charge in [0.15, 0.2) is 0 Å². The van der Waals surface area contributed by atoms with Crippen molar-refractivity contribution in [3.8, 4) is 17.9 Å². The number of nitrogens with zero attached hydrogens (tertiary/aromatic N) is 5. The van der Waals surface area contributed by atoms with E-state index in [2.05, 4.69) is 38.0 Å². The van der Waals surface area contributed by atoms with Gasteiger partial charge in [0, 0.05) is 18.0 Å². The van der Waals surface area contributed by atoms with E-state index in [1.807, 2.05) is 0 Å². The maximum absolute atomic E-state index is 15.1. The first kappa shape index (κ1) is 29.9. The van der Waals surface area contributed by atoms with E-state index in [1.54, 1.807) is 44.3 Å². The van der Waals surface area contributed by atoms with E-state index in [4.69, 9.17) is 0 Å². The molecule has 6 nitrogen and oxygen atoms in total. The van der Waals surface area contributed by atoms with Gasteiger partial charge in [0.1, 0.15) is 12.4 Å². The lowest BCUT2D eigenvalue weighted by atomic mass is 9.91. The fourth-order valence-electron chi connectivity index (χ4n) is 5.98. The highest BCUT2D eigenvalue weighted by Gasteiger charge is 2.31. The molecule has 0 radical (unpaired) electrons. The molecule has 0 unspecified atom stereocenters. The Kier molecular flexibility index (Phi) is 8.77. The number of nitrogens with one attached hydrogen (secondary N) is 1. The zero-order valence-corrected chi connectivity index (χ0v) is 24.1. The number of likely N-dealkylation sites (tertiary alicyclic amines) is 2. The van der Waals surface area contributed by atoms with Crippen molar-refractivity contribution < 1.29 is 17.6 Å². The van der Waals surface area contributed by atoms with Crippen molar-refractivity contribution in [2.24, 2.45) is 0 Å². The van der Waals surface area contributed by atoms with Crippen LogP contribution in [0.4, 0.5) is 23.2 Å². The number of piperidine rings is 1. The lowest BCUT2D eigenvalue weighted by Crippen LogP contribution is -2.43. The number of rotatable bonds is 7. The molecule has 2 aromatic heterocycles. The van der Waals surface area contributed by atoms with E-state index in [0.717, 1.165) is 36.1 Å². The Morgan fingerprint density at radius 2 is 1.79 bits per heavy atom. The van der Waals surface area contributed by atoms with Crippen molar-refractivity contribution in [2.45, 2.75) is 70.3 Å². The number of halogens is 4. The molecule has 10 heteroatoms. The highest BCUT2D eigenvalue weighted by Crippen LogP contribution is 2.31. The van der Waals surface area contributed by atoms with Crippen LogP contribution in [0.2, 0.25) is 0 Å². The topological polar surface area (TPSA) is 60.1 Å². The lowest BCUT2D eigenvalue weighted by Gasteiger charge is -2.36. The Morgan fingerprint density at radius 1 is 1.05 bits per heavy atom. The summed E-state index contributed by atoms with van der Waals surface area (Å²) >= 11 is 0. The van der Waals surface area contributed by atoms with Gasteiger partial charge in [-0.3, -0.25) is 9.88 Å². The summed E-state index contributed by atoms with van der Waals surface area (Å²) in [7, 11) is 0. The SMILES string of the molecule is CC(C)(C#N)c1ccc(NCC#Cc2cc3c(CN4CCC(N5CCCC5)CC4)ccc(F)c3n2CC(F)(F)F)cn1. The summed E-state index contributed by atoms with van der Waals surface area (Å²) in [6.07, 6.45) is 1.71. The Labute approximate surface area is 244 Å². The molecule has 1 aromatic carbocycles. The van der Waals surface area contributed by atoms with E-state index in [0.29, 0.717) is 29.4 Å². The molecular weight excluding hydrogens is 544 g/mol. The molecule has 4 heterocycles. The first-order valence-electron chi connectivity index (χ1n) is 14.5. The molecule has 1 N–H and O–H groups in total. The third-order valence-electron chi connectivity index (χ3n) is 8.33. The van der Waals surface area contributed by atoms with Gasteiger partial charge >= 0.3 is 6.18 Å². The largest absolute Gasteiger partial charge is 0.406 e. The minimum Gasteiger partial charge on any atom is -0.373 e. The van der Waals surface area contributed by atoms with Crippen molar-refractivity contribution in [3.05, 3.63) is 59.3 Å². The van der Waals surface area contributed by atoms with Crippen LogP contribution in [0.3, 0.4) is 0 Å². The van der Waals surface area contributed by atoms with Gasteiger partial charge in [-0.1, -0.05) is 12.0 Å². The molecule has 222 valence electrons. The van der Waals surface area contributed by atoms with Crippen molar-refractivity contribution in [1.82, 2.24) is 19.4 Å². The van der Waals surface area contributed by atoms with Crippen LogP contribution in [0.25, 0.3) is 10.9 Å². The van der Waals surface area contributed by atoms with Crippen LogP contribution in [-0.4, -0.2) is 64.3 Å². The molecule has 0 bridgehead atoms. The maximum atomic E-state index is 15.1. The van der Waals surface area contributed by atoms with E-state index >= 15 is 4.39 Å². The molecule has 0 spiro atoms. The number of alkyl halides is 3. The minimum absolute atomic E-state index is 0.0612.